The number of nitrogens with one attached hydrogen (secondary N) is 1. The molecule has 0 atom stereocenters. The van der Waals surface area contributed by atoms with Crippen molar-refractivity contribution in [3.63, 3.8) is 0 Å². The van der Waals surface area contributed by atoms with Crippen LogP contribution in [0.1, 0.15) is 15.5 Å². The van der Waals surface area contributed by atoms with Gasteiger partial charge in [0.2, 0.25) is 5.91 Å². The van der Waals surface area contributed by atoms with Gasteiger partial charge >= 0.3 is 5.97 Å². The summed E-state index contributed by atoms with van der Waals surface area (Å²) in [6.45, 7) is 0.503. The van der Waals surface area contributed by atoms with Crippen LogP contribution in [0.4, 0.5) is 0 Å². The number of carbonyl (C=O) groups is 2. The number of carboxylic acids is 1. The number of thiazole rings is 1. The molecule has 0 saturated carbocycles. The zero-order valence-corrected chi connectivity index (χ0v) is 10.9. The Kier molecular flexibility index (Phi) is 4.30. The van der Waals surface area contributed by atoms with E-state index in [9.17, 15) is 9.59 Å². The Labute approximate surface area is 113 Å². The fraction of sp³-hybridized carbons (Fsp3) is 0.250. The number of amides is 1. The quantitative estimate of drug-likeness (QED) is 0.826. The van der Waals surface area contributed by atoms with Crippen LogP contribution >= 0.6 is 11.3 Å². The predicted octanol–water partition coefficient (Wildman–Crippen LogP) is 1.00. The van der Waals surface area contributed by atoms with Crippen molar-refractivity contribution in [1.29, 1.82) is 0 Å². The summed E-state index contributed by atoms with van der Waals surface area (Å²) in [5.41, 5.74) is 0.107. The highest BCUT2D eigenvalue weighted by molar-refractivity contribution is 7.09. The van der Waals surface area contributed by atoms with Gasteiger partial charge in [-0.3, -0.25) is 4.79 Å². The van der Waals surface area contributed by atoms with Crippen LogP contribution in [0.2, 0.25) is 0 Å². The monoisotopic (exact) mass is 279 g/mol. The zero-order valence-electron chi connectivity index (χ0n) is 10.1. The molecule has 6 nitrogen and oxygen atoms in total. The Balaban J connectivity index is 1.81. The number of aromatic nitrogens is 2. The molecule has 0 saturated heterocycles. The van der Waals surface area contributed by atoms with Gasteiger partial charge in [-0.2, -0.15) is 0 Å². The number of hydrogen-bond donors (Lipinski definition) is 2. The average Bonchev–Trinajstić information content (AvgIpc) is 2.99. The lowest BCUT2D eigenvalue weighted by atomic mass is 10.4. The van der Waals surface area contributed by atoms with Crippen molar-refractivity contribution in [1.82, 2.24) is 14.9 Å². The highest BCUT2D eigenvalue weighted by Gasteiger charge is 2.11. The third-order valence-corrected chi connectivity index (χ3v) is 3.35. The molecule has 2 heterocycles. The van der Waals surface area contributed by atoms with Gasteiger partial charge in [-0.1, -0.05) is 0 Å². The largest absolute Gasteiger partial charge is 0.477 e. The number of hydrogen-bond acceptors (Lipinski definition) is 4. The molecule has 100 valence electrons. The first-order valence-corrected chi connectivity index (χ1v) is 6.58. The fourth-order valence-corrected chi connectivity index (χ4v) is 2.26. The lowest BCUT2D eigenvalue weighted by Crippen LogP contribution is -2.30. The smallest absolute Gasteiger partial charge is 0.352 e. The summed E-state index contributed by atoms with van der Waals surface area (Å²) >= 11 is 1.54. The maximum Gasteiger partial charge on any atom is 0.352 e. The molecule has 0 aromatic carbocycles. The standard InChI is InChI=1S/C12H13N3O3S/c16-10(13-4-3-11-14-5-7-19-11)8-15-6-1-2-9(15)12(17)18/h1-2,5-7H,3-4,8H2,(H,13,16)(H,17,18). The van der Waals surface area contributed by atoms with Gasteiger partial charge in [0.25, 0.3) is 0 Å². The van der Waals surface area contributed by atoms with Crippen molar-refractivity contribution in [2.75, 3.05) is 6.54 Å². The van der Waals surface area contributed by atoms with Crippen LogP contribution in [0, 0.1) is 0 Å². The van der Waals surface area contributed by atoms with Gasteiger partial charge in [-0.15, -0.1) is 11.3 Å². The van der Waals surface area contributed by atoms with Crippen molar-refractivity contribution in [2.45, 2.75) is 13.0 Å². The fourth-order valence-electron chi connectivity index (χ4n) is 1.64. The maximum atomic E-state index is 11.7. The predicted molar refractivity (Wildman–Crippen MR) is 70.2 cm³/mol. The van der Waals surface area contributed by atoms with Crippen LogP contribution in [0.5, 0.6) is 0 Å². The Hall–Kier alpha value is -2.15. The lowest BCUT2D eigenvalue weighted by Gasteiger charge is -2.07. The highest BCUT2D eigenvalue weighted by Crippen LogP contribution is 2.04. The first-order valence-electron chi connectivity index (χ1n) is 5.70. The van der Waals surface area contributed by atoms with Crippen molar-refractivity contribution >= 4 is 23.2 Å². The molecular formula is C12H13N3O3S. The van der Waals surface area contributed by atoms with Gasteiger partial charge in [-0.25, -0.2) is 9.78 Å². The Morgan fingerprint density at radius 2 is 2.32 bits per heavy atom. The third kappa shape index (κ3) is 3.65. The molecule has 7 heteroatoms. The normalized spacial score (nSPS) is 10.3. The Morgan fingerprint density at radius 1 is 1.47 bits per heavy atom. The maximum absolute atomic E-state index is 11.7. The number of rotatable bonds is 6. The van der Waals surface area contributed by atoms with Crippen LogP contribution in [0.25, 0.3) is 0 Å². The van der Waals surface area contributed by atoms with Gasteiger partial charge in [-0.05, 0) is 12.1 Å². The topological polar surface area (TPSA) is 84.2 Å². The molecule has 2 aromatic rings. The number of carbonyl (C=O) groups excluding carboxylic acids is 1. The second-order valence-corrected chi connectivity index (χ2v) is 4.83. The summed E-state index contributed by atoms with van der Waals surface area (Å²) in [7, 11) is 0. The van der Waals surface area contributed by atoms with Crippen LogP contribution in [-0.2, 0) is 17.8 Å². The van der Waals surface area contributed by atoms with E-state index >= 15 is 0 Å². The number of carboxylic acid groups (broad SMARTS) is 1. The minimum atomic E-state index is -1.04. The van der Waals surface area contributed by atoms with E-state index < -0.39 is 5.97 Å². The van der Waals surface area contributed by atoms with E-state index in [0.29, 0.717) is 13.0 Å². The van der Waals surface area contributed by atoms with Gasteiger partial charge in [0, 0.05) is 30.7 Å². The summed E-state index contributed by atoms with van der Waals surface area (Å²) in [5.74, 6) is -1.25. The van der Waals surface area contributed by atoms with Gasteiger partial charge in [0.15, 0.2) is 0 Å². The molecular weight excluding hydrogens is 266 g/mol. The van der Waals surface area contributed by atoms with Gasteiger partial charge < -0.3 is 15.0 Å². The molecule has 1 amide bonds. The molecule has 0 aliphatic heterocycles. The molecule has 2 aromatic heterocycles. The molecule has 0 bridgehead atoms. The second-order valence-electron chi connectivity index (χ2n) is 3.85. The van der Waals surface area contributed by atoms with Crippen molar-refractivity contribution in [3.05, 3.63) is 40.6 Å². The van der Waals surface area contributed by atoms with Crippen molar-refractivity contribution in [2.24, 2.45) is 0 Å². The first kappa shape index (κ1) is 13.3. The molecule has 0 radical (unpaired) electrons. The summed E-state index contributed by atoms with van der Waals surface area (Å²) in [6, 6.07) is 3.07. The Morgan fingerprint density at radius 3 is 3.00 bits per heavy atom. The summed E-state index contributed by atoms with van der Waals surface area (Å²) in [6.07, 6.45) is 3.98. The number of nitrogens with zero attached hydrogens (tertiary/aromatic N) is 2. The minimum absolute atomic E-state index is 0.00645. The van der Waals surface area contributed by atoms with E-state index in [0.717, 1.165) is 5.01 Å². The van der Waals surface area contributed by atoms with Crippen molar-refractivity contribution < 1.29 is 14.7 Å². The molecule has 2 rings (SSSR count). The van der Waals surface area contributed by atoms with E-state index in [1.165, 1.54) is 10.6 Å². The lowest BCUT2D eigenvalue weighted by molar-refractivity contribution is -0.121. The molecule has 0 aliphatic rings. The Bertz CT molecular complexity index is 563. The van der Waals surface area contributed by atoms with Crippen LogP contribution in [0.15, 0.2) is 29.9 Å². The van der Waals surface area contributed by atoms with E-state index in [2.05, 4.69) is 10.3 Å². The van der Waals surface area contributed by atoms with E-state index in [4.69, 9.17) is 5.11 Å². The summed E-state index contributed by atoms with van der Waals surface area (Å²) < 4.78 is 1.40. The van der Waals surface area contributed by atoms with Gasteiger partial charge in [0.05, 0.1) is 5.01 Å². The first-order chi connectivity index (χ1) is 9.16. The van der Waals surface area contributed by atoms with Crippen LogP contribution in [-0.4, -0.2) is 33.1 Å². The molecule has 19 heavy (non-hydrogen) atoms. The van der Waals surface area contributed by atoms with E-state index in [-0.39, 0.29) is 18.1 Å². The van der Waals surface area contributed by atoms with Crippen LogP contribution in [0.3, 0.4) is 0 Å². The molecule has 0 aliphatic carbocycles. The molecule has 0 fully saturated rings. The zero-order chi connectivity index (χ0) is 13.7. The highest BCUT2D eigenvalue weighted by atomic mass is 32.1. The second kappa shape index (κ2) is 6.14. The summed E-state index contributed by atoms with van der Waals surface area (Å²) in [4.78, 5) is 26.7. The van der Waals surface area contributed by atoms with E-state index in [1.807, 2.05) is 5.38 Å². The number of aromatic carboxylic acids is 1. The SMILES string of the molecule is O=C(Cn1cccc1C(=O)O)NCCc1nccs1. The molecule has 0 unspecified atom stereocenters. The average molecular weight is 279 g/mol. The van der Waals surface area contributed by atoms with E-state index in [1.54, 1.807) is 29.8 Å². The third-order valence-electron chi connectivity index (χ3n) is 2.51. The summed E-state index contributed by atoms with van der Waals surface area (Å²) in [5, 5.41) is 14.5. The van der Waals surface area contributed by atoms with Crippen LogP contribution < -0.4 is 5.32 Å². The molecule has 2 N–H and O–H groups in total. The van der Waals surface area contributed by atoms with Crippen molar-refractivity contribution in [3.8, 4) is 0 Å². The minimum Gasteiger partial charge on any atom is -0.477 e. The molecule has 0 spiro atoms. The van der Waals surface area contributed by atoms with Gasteiger partial charge in [0.1, 0.15) is 12.2 Å².